The molecule has 4 nitrogen and oxygen atoms in total. The largest absolute Gasteiger partial charge is 0.353 e. The summed E-state index contributed by atoms with van der Waals surface area (Å²) in [6.45, 7) is 1.44. The number of carbonyl (C=O) groups is 1. The molecule has 0 N–H and O–H groups in total. The average molecular weight is 188 g/mol. The summed E-state index contributed by atoms with van der Waals surface area (Å²) in [6.07, 6.45) is 3.34. The summed E-state index contributed by atoms with van der Waals surface area (Å²) in [5.74, 6) is 0.136. The van der Waals surface area contributed by atoms with Gasteiger partial charge in [0.15, 0.2) is 5.78 Å². The maximum atomic E-state index is 10.9. The highest BCUT2D eigenvalue weighted by atomic mass is 16.5. The molecule has 70 valence electrons. The van der Waals surface area contributed by atoms with E-state index in [0.717, 1.165) is 5.56 Å². The maximum Gasteiger partial charge on any atom is 0.202 e. The van der Waals surface area contributed by atoms with Crippen molar-refractivity contribution in [2.24, 2.45) is 0 Å². The number of hydrogen-bond donors (Lipinski definition) is 0. The number of hydrogen-bond acceptors (Lipinski definition) is 4. The van der Waals surface area contributed by atoms with Crippen molar-refractivity contribution in [3.05, 3.63) is 36.4 Å². The Kier molecular flexibility index (Phi) is 2.10. The van der Waals surface area contributed by atoms with E-state index in [1.807, 2.05) is 6.07 Å². The topological polar surface area (TPSA) is 56.0 Å². The van der Waals surface area contributed by atoms with Gasteiger partial charge in [-0.1, -0.05) is 5.16 Å². The summed E-state index contributed by atoms with van der Waals surface area (Å²) >= 11 is 0. The zero-order valence-electron chi connectivity index (χ0n) is 7.60. The van der Waals surface area contributed by atoms with Crippen molar-refractivity contribution < 1.29 is 9.32 Å². The lowest BCUT2D eigenvalue weighted by Crippen LogP contribution is -1.86. The van der Waals surface area contributed by atoms with E-state index in [0.29, 0.717) is 5.69 Å². The summed E-state index contributed by atoms with van der Waals surface area (Å²) in [6, 6.07) is 5.27. The lowest BCUT2D eigenvalue weighted by atomic mass is 10.2. The normalized spacial score (nSPS) is 10.1. The van der Waals surface area contributed by atoms with E-state index in [9.17, 15) is 4.79 Å². The third-order valence-electron chi connectivity index (χ3n) is 1.81. The Bertz CT molecular complexity index is 448. The molecule has 0 spiro atoms. The molecule has 0 fully saturated rings. The number of ketones is 1. The van der Waals surface area contributed by atoms with Crippen LogP contribution in [-0.4, -0.2) is 15.9 Å². The molecule has 0 aliphatic carbocycles. The SMILES string of the molecule is CC(=O)c1cc(-c2cccnc2)no1. The van der Waals surface area contributed by atoms with Crippen LogP contribution in [0, 0.1) is 0 Å². The van der Waals surface area contributed by atoms with Crippen LogP contribution in [0.25, 0.3) is 11.3 Å². The standard InChI is InChI=1S/C10H8N2O2/c1-7(13)10-5-9(12-14-10)8-3-2-4-11-6-8/h2-6H,1H3. The van der Waals surface area contributed by atoms with E-state index < -0.39 is 0 Å². The van der Waals surface area contributed by atoms with Crippen LogP contribution < -0.4 is 0 Å². The second-order valence-electron chi connectivity index (χ2n) is 2.87. The van der Waals surface area contributed by atoms with Crippen LogP contribution in [0.3, 0.4) is 0 Å². The van der Waals surface area contributed by atoms with E-state index in [4.69, 9.17) is 4.52 Å². The molecule has 4 heteroatoms. The fourth-order valence-electron chi connectivity index (χ4n) is 1.09. The maximum absolute atomic E-state index is 10.9. The quantitative estimate of drug-likeness (QED) is 0.676. The first-order valence-electron chi connectivity index (χ1n) is 4.15. The van der Waals surface area contributed by atoms with Gasteiger partial charge >= 0.3 is 0 Å². The molecule has 0 aliphatic rings. The zero-order valence-corrected chi connectivity index (χ0v) is 7.60. The van der Waals surface area contributed by atoms with Crippen LogP contribution in [0.4, 0.5) is 0 Å². The van der Waals surface area contributed by atoms with Gasteiger partial charge < -0.3 is 4.52 Å². The number of rotatable bonds is 2. The lowest BCUT2D eigenvalue weighted by Gasteiger charge is -1.90. The number of nitrogens with zero attached hydrogens (tertiary/aromatic N) is 2. The molecule has 2 aromatic heterocycles. The van der Waals surface area contributed by atoms with Crippen molar-refractivity contribution in [2.75, 3.05) is 0 Å². The Hall–Kier alpha value is -1.97. The Labute approximate surface area is 80.6 Å². The average Bonchev–Trinajstić information content (AvgIpc) is 2.68. The second-order valence-corrected chi connectivity index (χ2v) is 2.87. The van der Waals surface area contributed by atoms with Crippen molar-refractivity contribution in [1.82, 2.24) is 10.1 Å². The van der Waals surface area contributed by atoms with Crippen molar-refractivity contribution in [3.63, 3.8) is 0 Å². The lowest BCUT2D eigenvalue weighted by molar-refractivity contribution is 0.0978. The number of carbonyl (C=O) groups excluding carboxylic acids is 1. The molecule has 14 heavy (non-hydrogen) atoms. The third kappa shape index (κ3) is 1.54. The molecule has 0 radical (unpaired) electrons. The summed E-state index contributed by atoms with van der Waals surface area (Å²) in [5.41, 5.74) is 1.46. The van der Waals surface area contributed by atoms with Crippen molar-refractivity contribution in [2.45, 2.75) is 6.92 Å². The Morgan fingerprint density at radius 1 is 1.50 bits per heavy atom. The van der Waals surface area contributed by atoms with Gasteiger partial charge in [0.2, 0.25) is 5.76 Å². The van der Waals surface area contributed by atoms with Crippen molar-refractivity contribution in [3.8, 4) is 11.3 Å². The van der Waals surface area contributed by atoms with Crippen LogP contribution in [0.2, 0.25) is 0 Å². The Balaban J connectivity index is 2.39. The van der Waals surface area contributed by atoms with Crippen LogP contribution in [0.1, 0.15) is 17.5 Å². The van der Waals surface area contributed by atoms with Gasteiger partial charge in [0.1, 0.15) is 5.69 Å². The molecule has 0 amide bonds. The Morgan fingerprint density at radius 3 is 2.93 bits per heavy atom. The highest BCUT2D eigenvalue weighted by molar-refractivity contribution is 5.92. The molecule has 2 aromatic rings. The molecule has 2 heterocycles. The summed E-state index contributed by atoms with van der Waals surface area (Å²) in [5, 5.41) is 3.77. The molecule has 0 bridgehead atoms. The van der Waals surface area contributed by atoms with Crippen molar-refractivity contribution >= 4 is 5.78 Å². The Morgan fingerprint density at radius 2 is 2.36 bits per heavy atom. The number of pyridine rings is 1. The van der Waals surface area contributed by atoms with Crippen molar-refractivity contribution in [1.29, 1.82) is 0 Å². The summed E-state index contributed by atoms with van der Waals surface area (Å²) in [4.78, 5) is 14.9. The van der Waals surface area contributed by atoms with E-state index in [2.05, 4.69) is 10.1 Å². The van der Waals surface area contributed by atoms with Gasteiger partial charge in [-0.3, -0.25) is 9.78 Å². The van der Waals surface area contributed by atoms with Gasteiger partial charge in [-0.15, -0.1) is 0 Å². The fourth-order valence-corrected chi connectivity index (χ4v) is 1.09. The predicted molar refractivity (Wildman–Crippen MR) is 49.7 cm³/mol. The molecule has 0 unspecified atom stereocenters. The van der Waals surface area contributed by atoms with Crippen LogP contribution >= 0.6 is 0 Å². The summed E-state index contributed by atoms with van der Waals surface area (Å²) in [7, 11) is 0. The highest BCUT2D eigenvalue weighted by Crippen LogP contribution is 2.17. The fraction of sp³-hybridized carbons (Fsp3) is 0.100. The minimum Gasteiger partial charge on any atom is -0.353 e. The summed E-state index contributed by atoms with van der Waals surface area (Å²) < 4.78 is 4.85. The molecular formula is C10H8N2O2. The molecule has 0 aliphatic heterocycles. The van der Waals surface area contributed by atoms with Gasteiger partial charge in [0.05, 0.1) is 0 Å². The first-order chi connectivity index (χ1) is 6.77. The second kappa shape index (κ2) is 3.41. The van der Waals surface area contributed by atoms with Gasteiger partial charge in [0.25, 0.3) is 0 Å². The minimum atomic E-state index is -0.132. The van der Waals surface area contributed by atoms with E-state index in [-0.39, 0.29) is 11.5 Å². The van der Waals surface area contributed by atoms with Crippen LogP contribution in [0.15, 0.2) is 35.1 Å². The monoisotopic (exact) mass is 188 g/mol. The molecule has 0 saturated heterocycles. The molecule has 0 aromatic carbocycles. The third-order valence-corrected chi connectivity index (χ3v) is 1.81. The van der Waals surface area contributed by atoms with E-state index in [1.165, 1.54) is 6.92 Å². The molecule has 2 rings (SSSR count). The van der Waals surface area contributed by atoms with Gasteiger partial charge in [0, 0.05) is 30.9 Å². The van der Waals surface area contributed by atoms with Gasteiger partial charge in [-0.25, -0.2) is 0 Å². The molecule has 0 atom stereocenters. The van der Waals surface area contributed by atoms with E-state index in [1.54, 1.807) is 24.5 Å². The number of aromatic nitrogens is 2. The first-order valence-corrected chi connectivity index (χ1v) is 4.15. The minimum absolute atomic E-state index is 0.132. The highest BCUT2D eigenvalue weighted by Gasteiger charge is 2.09. The first kappa shape index (κ1) is 8.62. The van der Waals surface area contributed by atoms with E-state index >= 15 is 0 Å². The molecular weight excluding hydrogens is 180 g/mol. The van der Waals surface area contributed by atoms with Gasteiger partial charge in [-0.05, 0) is 12.1 Å². The van der Waals surface area contributed by atoms with Crippen LogP contribution in [-0.2, 0) is 0 Å². The molecule has 0 saturated carbocycles. The van der Waals surface area contributed by atoms with Gasteiger partial charge in [-0.2, -0.15) is 0 Å². The number of Topliss-reactive ketones (excluding diaryl/α,β-unsaturated/α-hetero) is 1. The van der Waals surface area contributed by atoms with Crippen LogP contribution in [0.5, 0.6) is 0 Å². The zero-order chi connectivity index (χ0) is 9.97. The smallest absolute Gasteiger partial charge is 0.202 e. The predicted octanol–water partition coefficient (Wildman–Crippen LogP) is 1.94.